The quantitative estimate of drug-likeness (QED) is 0.0642. The molecule has 0 saturated carbocycles. The van der Waals surface area contributed by atoms with Gasteiger partial charge in [0.1, 0.15) is 19.0 Å². The first-order chi connectivity index (χ1) is 14.8. The maximum atomic E-state index is 10.7. The standard InChI is InChI=1S/C23H53N2O4Si4.BrH/c1-13-20-25(2,3)23(18-15-14-16-21-26)24-19-17-22-33(27-30(4,5)6,28-31(7,8)9)29-32(10,11)12;/h1,21,23-24H,14-20,22H2,2-12H3;1H/q+1;/p-1. The molecule has 34 heavy (non-hydrogen) atoms. The van der Waals surface area contributed by atoms with Crippen molar-refractivity contribution >= 4 is 40.0 Å². The summed E-state index contributed by atoms with van der Waals surface area (Å²) in [6.45, 7) is 21.6. The molecule has 0 aromatic heterocycles. The lowest BCUT2D eigenvalue weighted by molar-refractivity contribution is -0.912. The summed E-state index contributed by atoms with van der Waals surface area (Å²) in [5.41, 5.74) is 0. The number of carbonyl (C=O) groups excluding carboxylic acids is 1. The molecule has 0 rings (SSSR count). The molecule has 0 amide bonds. The Morgan fingerprint density at radius 1 is 0.882 bits per heavy atom. The van der Waals surface area contributed by atoms with Crippen molar-refractivity contribution in [3.05, 3.63) is 0 Å². The van der Waals surface area contributed by atoms with Gasteiger partial charge in [-0.3, -0.25) is 5.32 Å². The van der Waals surface area contributed by atoms with E-state index in [2.05, 4.69) is 84.3 Å². The molecule has 0 aliphatic rings. The molecule has 0 aromatic carbocycles. The van der Waals surface area contributed by atoms with E-state index in [0.717, 1.165) is 49.0 Å². The van der Waals surface area contributed by atoms with Gasteiger partial charge in [0.15, 0.2) is 25.0 Å². The van der Waals surface area contributed by atoms with Crippen LogP contribution >= 0.6 is 0 Å². The van der Waals surface area contributed by atoms with E-state index in [1.165, 1.54) is 0 Å². The van der Waals surface area contributed by atoms with Crippen LogP contribution in [-0.2, 0) is 17.1 Å². The molecule has 0 radical (unpaired) electrons. The predicted molar refractivity (Wildman–Crippen MR) is 151 cm³/mol. The van der Waals surface area contributed by atoms with Gasteiger partial charge >= 0.3 is 8.80 Å². The van der Waals surface area contributed by atoms with Gasteiger partial charge in [-0.15, -0.1) is 6.42 Å². The summed E-state index contributed by atoms with van der Waals surface area (Å²) in [4.78, 5) is 10.7. The molecule has 1 unspecified atom stereocenters. The van der Waals surface area contributed by atoms with Crippen LogP contribution < -0.4 is 22.3 Å². The number of halogens is 1. The Morgan fingerprint density at radius 2 is 1.35 bits per heavy atom. The zero-order valence-corrected chi connectivity index (χ0v) is 29.4. The summed E-state index contributed by atoms with van der Waals surface area (Å²) in [5, 5.41) is 3.76. The molecule has 0 aliphatic heterocycles. The second-order valence-corrected chi connectivity index (χ2v) is 29.5. The third kappa shape index (κ3) is 17.8. The smallest absolute Gasteiger partial charge is 0.469 e. The Kier molecular flexibility index (Phi) is 16.7. The van der Waals surface area contributed by atoms with Crippen LogP contribution in [-0.4, -0.2) is 77.9 Å². The highest BCUT2D eigenvalue weighted by atomic mass is 79.9. The SMILES string of the molecule is C#CC[N+](C)(C)C(CCCCC=O)NCCC[Si](O[Si](C)(C)C)(O[Si](C)(C)C)O[Si](C)(C)C.[Br-]. The van der Waals surface area contributed by atoms with Crippen LogP contribution in [0.5, 0.6) is 0 Å². The van der Waals surface area contributed by atoms with Gasteiger partial charge in [0.2, 0.25) is 0 Å². The molecule has 0 saturated heterocycles. The second kappa shape index (κ2) is 15.6. The molecular weight excluding hydrogens is 561 g/mol. The molecule has 0 heterocycles. The minimum absolute atomic E-state index is 0. The Morgan fingerprint density at radius 3 is 1.74 bits per heavy atom. The zero-order valence-electron chi connectivity index (χ0n) is 23.8. The summed E-state index contributed by atoms with van der Waals surface area (Å²) in [7, 11) is -4.03. The lowest BCUT2D eigenvalue weighted by atomic mass is 10.1. The number of quaternary nitrogens is 1. The van der Waals surface area contributed by atoms with Gasteiger partial charge in [-0.25, -0.2) is 0 Å². The van der Waals surface area contributed by atoms with E-state index in [9.17, 15) is 4.79 Å². The van der Waals surface area contributed by atoms with Crippen LogP contribution in [0.25, 0.3) is 0 Å². The van der Waals surface area contributed by atoms with E-state index in [1.54, 1.807) is 0 Å². The van der Waals surface area contributed by atoms with Crippen LogP contribution in [0.1, 0.15) is 32.1 Å². The number of nitrogens with one attached hydrogen (secondary N) is 1. The molecular formula is C23H53BrN2O4Si4. The van der Waals surface area contributed by atoms with Crippen molar-refractivity contribution in [2.75, 3.05) is 27.2 Å². The van der Waals surface area contributed by atoms with E-state index in [1.807, 2.05) is 0 Å². The Bertz CT molecular complexity index is 586. The first kappa shape index (κ1) is 36.5. The van der Waals surface area contributed by atoms with Crippen LogP contribution in [0.4, 0.5) is 0 Å². The van der Waals surface area contributed by atoms with Crippen molar-refractivity contribution in [1.82, 2.24) is 5.32 Å². The van der Waals surface area contributed by atoms with Gasteiger partial charge in [0.05, 0.1) is 14.1 Å². The summed E-state index contributed by atoms with van der Waals surface area (Å²) in [6.07, 6.45) is 11.4. The van der Waals surface area contributed by atoms with Crippen LogP contribution in [0.2, 0.25) is 65.0 Å². The number of terminal acetylenes is 1. The molecule has 0 spiro atoms. The molecule has 0 fully saturated rings. The van der Waals surface area contributed by atoms with E-state index >= 15 is 0 Å². The van der Waals surface area contributed by atoms with Crippen molar-refractivity contribution < 1.29 is 38.6 Å². The average Bonchev–Trinajstić information content (AvgIpc) is 2.55. The fraction of sp³-hybridized carbons (Fsp3) is 0.870. The fourth-order valence-electron chi connectivity index (χ4n) is 3.80. The number of carbonyl (C=O) groups is 1. The summed E-state index contributed by atoms with van der Waals surface area (Å²) in [5.74, 6) is 2.82. The minimum Gasteiger partial charge on any atom is -1.00 e. The molecule has 0 aromatic rings. The molecule has 202 valence electrons. The largest absolute Gasteiger partial charge is 1.00 e. The lowest BCUT2D eigenvalue weighted by Gasteiger charge is -2.43. The fourth-order valence-corrected chi connectivity index (χ4v) is 18.5. The summed E-state index contributed by atoms with van der Waals surface area (Å²) in [6, 6.07) is 0.833. The van der Waals surface area contributed by atoms with E-state index in [4.69, 9.17) is 18.8 Å². The Hall–Kier alpha value is 0.378. The van der Waals surface area contributed by atoms with E-state index in [0.29, 0.717) is 13.0 Å². The topological polar surface area (TPSA) is 56.8 Å². The predicted octanol–water partition coefficient (Wildman–Crippen LogP) is 2.26. The summed E-state index contributed by atoms with van der Waals surface area (Å²) >= 11 is 0. The van der Waals surface area contributed by atoms with E-state index in [-0.39, 0.29) is 23.1 Å². The normalized spacial score (nSPS) is 14.3. The van der Waals surface area contributed by atoms with E-state index < -0.39 is 33.8 Å². The van der Waals surface area contributed by atoms with Crippen molar-refractivity contribution in [3.63, 3.8) is 0 Å². The maximum Gasteiger partial charge on any atom is 0.469 e. The van der Waals surface area contributed by atoms with Crippen LogP contribution in [0, 0.1) is 12.3 Å². The summed E-state index contributed by atoms with van der Waals surface area (Å²) < 4.78 is 21.1. The Labute approximate surface area is 226 Å². The monoisotopic (exact) mass is 612 g/mol. The van der Waals surface area contributed by atoms with Crippen molar-refractivity contribution in [3.8, 4) is 12.3 Å². The highest BCUT2D eigenvalue weighted by Crippen LogP contribution is 2.29. The number of hydrogen-bond donors (Lipinski definition) is 1. The Balaban J connectivity index is 0. The first-order valence-corrected chi connectivity index (χ1v) is 24.5. The average molecular weight is 614 g/mol. The highest BCUT2D eigenvalue weighted by molar-refractivity contribution is 6.90. The number of nitrogens with zero attached hydrogens (tertiary/aromatic N) is 1. The van der Waals surface area contributed by atoms with Gasteiger partial charge < -0.3 is 38.6 Å². The number of unbranched alkanes of at least 4 members (excludes halogenated alkanes) is 2. The minimum atomic E-state index is -2.80. The second-order valence-electron chi connectivity index (χ2n) is 12.5. The van der Waals surface area contributed by atoms with Gasteiger partial charge in [-0.1, -0.05) is 0 Å². The first-order valence-electron chi connectivity index (χ1n) is 12.4. The number of aldehydes is 1. The molecule has 11 heteroatoms. The van der Waals surface area contributed by atoms with Crippen LogP contribution in [0.15, 0.2) is 0 Å². The van der Waals surface area contributed by atoms with Gasteiger partial charge in [0.25, 0.3) is 0 Å². The molecule has 0 aliphatic carbocycles. The lowest BCUT2D eigenvalue weighted by Crippen LogP contribution is -3.00. The number of hydrogen-bond acceptors (Lipinski definition) is 5. The third-order valence-electron chi connectivity index (χ3n) is 4.82. The van der Waals surface area contributed by atoms with Crippen LogP contribution in [0.3, 0.4) is 0 Å². The molecule has 1 atom stereocenters. The maximum absolute atomic E-state index is 10.7. The van der Waals surface area contributed by atoms with Crippen molar-refractivity contribution in [1.29, 1.82) is 0 Å². The van der Waals surface area contributed by atoms with Crippen molar-refractivity contribution in [2.24, 2.45) is 0 Å². The van der Waals surface area contributed by atoms with Crippen molar-refractivity contribution in [2.45, 2.75) is 103 Å². The zero-order chi connectivity index (χ0) is 26.0. The van der Waals surface area contributed by atoms with Gasteiger partial charge in [0, 0.05) is 25.4 Å². The molecule has 0 bridgehead atoms. The third-order valence-corrected chi connectivity index (χ3v) is 16.9. The number of rotatable bonds is 18. The molecule has 1 N–H and O–H groups in total. The van der Waals surface area contributed by atoms with Gasteiger partial charge in [-0.05, 0) is 84.1 Å². The highest BCUT2D eigenvalue weighted by Gasteiger charge is 2.49. The molecule has 6 nitrogen and oxygen atoms in total. The van der Waals surface area contributed by atoms with Gasteiger partial charge in [-0.2, -0.15) is 0 Å².